The standard InChI is InChI=1S/C20H24N2O6S2/c1-13(2)16-7-5-6-14(3)20(16)21-30(26,27)18-12-15(8-9-17(18)28-4)22-19(23)10-11-29(22,24)25/h5-9,12-13,21H,10-11H2,1-4H3. The SMILES string of the molecule is COc1ccc(N2C(=O)CCS2(=O)=O)cc1S(=O)(=O)Nc1c(C)cccc1C(C)C. The molecule has 0 saturated carbocycles. The number of aryl methyl sites for hydroxylation is 1. The van der Waals surface area contributed by atoms with Crippen molar-refractivity contribution in [1.29, 1.82) is 0 Å². The fourth-order valence-corrected chi connectivity index (χ4v) is 6.17. The lowest BCUT2D eigenvalue weighted by molar-refractivity contribution is -0.116. The number of hydrogen-bond donors (Lipinski definition) is 1. The summed E-state index contributed by atoms with van der Waals surface area (Å²) in [7, 11) is -6.66. The minimum Gasteiger partial charge on any atom is -0.495 e. The third kappa shape index (κ3) is 4.01. The Hall–Kier alpha value is -2.59. The molecule has 0 atom stereocenters. The number of hydrogen-bond acceptors (Lipinski definition) is 6. The molecule has 0 spiro atoms. The molecule has 0 radical (unpaired) electrons. The lowest BCUT2D eigenvalue weighted by atomic mass is 9.99. The number of carbonyl (C=O) groups excluding carboxylic acids is 1. The average Bonchev–Trinajstić information content (AvgIpc) is 2.95. The molecule has 8 nitrogen and oxygen atoms in total. The number of nitrogens with zero attached hydrogens (tertiary/aromatic N) is 1. The minimum atomic E-state index is -4.15. The molecule has 2 aromatic rings. The van der Waals surface area contributed by atoms with Crippen LogP contribution >= 0.6 is 0 Å². The van der Waals surface area contributed by atoms with Crippen molar-refractivity contribution in [3.05, 3.63) is 47.5 Å². The molecule has 1 saturated heterocycles. The van der Waals surface area contributed by atoms with Crippen LogP contribution in [-0.4, -0.2) is 35.6 Å². The van der Waals surface area contributed by atoms with Crippen molar-refractivity contribution in [3.8, 4) is 5.75 Å². The van der Waals surface area contributed by atoms with Crippen LogP contribution in [0.25, 0.3) is 0 Å². The lowest BCUT2D eigenvalue weighted by Gasteiger charge is -2.20. The predicted octanol–water partition coefficient (Wildman–Crippen LogP) is 2.99. The molecular weight excluding hydrogens is 428 g/mol. The van der Waals surface area contributed by atoms with Gasteiger partial charge in [0.1, 0.15) is 10.6 Å². The number of benzene rings is 2. The molecule has 10 heteroatoms. The van der Waals surface area contributed by atoms with Crippen LogP contribution < -0.4 is 13.8 Å². The van der Waals surface area contributed by atoms with E-state index >= 15 is 0 Å². The normalized spacial score (nSPS) is 16.2. The van der Waals surface area contributed by atoms with E-state index < -0.39 is 26.0 Å². The quantitative estimate of drug-likeness (QED) is 0.722. The molecule has 3 rings (SSSR count). The molecular formula is C20H24N2O6S2. The number of amides is 1. The van der Waals surface area contributed by atoms with E-state index in [9.17, 15) is 21.6 Å². The summed E-state index contributed by atoms with van der Waals surface area (Å²) in [6, 6.07) is 9.34. The zero-order valence-corrected chi connectivity index (χ0v) is 18.8. The van der Waals surface area contributed by atoms with Crippen LogP contribution in [0.1, 0.15) is 37.3 Å². The predicted molar refractivity (Wildman–Crippen MR) is 115 cm³/mol. The van der Waals surface area contributed by atoms with Crippen molar-refractivity contribution in [2.24, 2.45) is 0 Å². The van der Waals surface area contributed by atoms with Crippen molar-refractivity contribution in [3.63, 3.8) is 0 Å². The first-order chi connectivity index (χ1) is 14.0. The molecule has 0 aromatic heterocycles. The Morgan fingerprint density at radius 1 is 1.17 bits per heavy atom. The highest BCUT2D eigenvalue weighted by Crippen LogP contribution is 2.35. The van der Waals surface area contributed by atoms with Gasteiger partial charge < -0.3 is 4.74 Å². The van der Waals surface area contributed by atoms with E-state index in [2.05, 4.69) is 4.72 Å². The van der Waals surface area contributed by atoms with Crippen LogP contribution in [0.5, 0.6) is 5.75 Å². The van der Waals surface area contributed by atoms with Crippen LogP contribution in [0.2, 0.25) is 0 Å². The highest BCUT2D eigenvalue weighted by Gasteiger charge is 2.37. The first-order valence-corrected chi connectivity index (χ1v) is 12.4. The minimum absolute atomic E-state index is 0.0347. The van der Waals surface area contributed by atoms with Gasteiger partial charge >= 0.3 is 0 Å². The van der Waals surface area contributed by atoms with Crippen molar-refractivity contribution in [2.75, 3.05) is 21.9 Å². The number of sulfonamides is 2. The second-order valence-corrected chi connectivity index (χ2v) is 10.9. The van der Waals surface area contributed by atoms with E-state index in [1.807, 2.05) is 26.0 Å². The molecule has 0 unspecified atom stereocenters. The van der Waals surface area contributed by atoms with E-state index in [0.717, 1.165) is 17.2 Å². The van der Waals surface area contributed by atoms with E-state index in [-0.39, 0.29) is 34.4 Å². The molecule has 0 aliphatic carbocycles. The summed E-state index contributed by atoms with van der Waals surface area (Å²) >= 11 is 0. The second-order valence-electron chi connectivity index (χ2n) is 7.36. The molecule has 1 aliphatic rings. The van der Waals surface area contributed by atoms with Gasteiger partial charge in [-0.15, -0.1) is 0 Å². The summed E-state index contributed by atoms with van der Waals surface area (Å²) in [5.41, 5.74) is 2.00. The van der Waals surface area contributed by atoms with Gasteiger partial charge in [0, 0.05) is 6.42 Å². The van der Waals surface area contributed by atoms with Gasteiger partial charge in [0.15, 0.2) is 0 Å². The first kappa shape index (κ1) is 22.1. The number of methoxy groups -OCH3 is 1. The largest absolute Gasteiger partial charge is 0.495 e. The number of para-hydroxylation sites is 1. The third-order valence-corrected chi connectivity index (χ3v) is 7.98. The number of anilines is 2. The summed E-state index contributed by atoms with van der Waals surface area (Å²) in [6.45, 7) is 5.71. The molecule has 30 heavy (non-hydrogen) atoms. The van der Waals surface area contributed by atoms with Crippen LogP contribution in [0.15, 0.2) is 41.3 Å². The van der Waals surface area contributed by atoms with Crippen LogP contribution in [-0.2, 0) is 24.8 Å². The Morgan fingerprint density at radius 2 is 1.87 bits per heavy atom. The van der Waals surface area contributed by atoms with Gasteiger partial charge in [-0.1, -0.05) is 32.0 Å². The number of nitrogens with one attached hydrogen (secondary N) is 1. The van der Waals surface area contributed by atoms with Crippen molar-refractivity contribution < 1.29 is 26.4 Å². The Balaban J connectivity index is 2.12. The smallest absolute Gasteiger partial charge is 0.265 e. The summed E-state index contributed by atoms with van der Waals surface area (Å²) < 4.78 is 59.5. The maximum atomic E-state index is 13.3. The Bertz CT molecular complexity index is 1200. The molecule has 1 fully saturated rings. The highest BCUT2D eigenvalue weighted by atomic mass is 32.2. The summed E-state index contributed by atoms with van der Waals surface area (Å²) in [5, 5.41) is 0. The highest BCUT2D eigenvalue weighted by molar-refractivity contribution is 7.94. The Morgan fingerprint density at radius 3 is 2.43 bits per heavy atom. The monoisotopic (exact) mass is 452 g/mol. The van der Waals surface area contributed by atoms with Crippen molar-refractivity contribution in [1.82, 2.24) is 0 Å². The molecule has 1 heterocycles. The fourth-order valence-electron chi connectivity index (χ4n) is 3.37. The zero-order valence-electron chi connectivity index (χ0n) is 17.2. The van der Waals surface area contributed by atoms with Gasteiger partial charge in [-0.25, -0.2) is 21.1 Å². The molecule has 0 bridgehead atoms. The summed E-state index contributed by atoms with van der Waals surface area (Å²) in [5.74, 6) is -0.797. The summed E-state index contributed by atoms with van der Waals surface area (Å²) in [6.07, 6.45) is -0.143. The molecule has 162 valence electrons. The zero-order chi connectivity index (χ0) is 22.3. The van der Waals surface area contributed by atoms with Crippen molar-refractivity contribution in [2.45, 2.75) is 38.0 Å². The van der Waals surface area contributed by atoms with E-state index in [1.54, 1.807) is 13.0 Å². The van der Waals surface area contributed by atoms with E-state index in [1.165, 1.54) is 19.2 Å². The van der Waals surface area contributed by atoms with Gasteiger partial charge in [0.05, 0.1) is 24.2 Å². The second kappa shape index (κ2) is 7.92. The number of rotatable bonds is 6. The van der Waals surface area contributed by atoms with E-state index in [4.69, 9.17) is 4.74 Å². The maximum Gasteiger partial charge on any atom is 0.265 e. The number of carbonyl (C=O) groups is 1. The van der Waals surface area contributed by atoms with Gasteiger partial charge in [0.25, 0.3) is 10.0 Å². The van der Waals surface area contributed by atoms with Crippen molar-refractivity contribution >= 4 is 37.3 Å². The molecule has 1 amide bonds. The number of ether oxygens (including phenoxy) is 1. The average molecular weight is 453 g/mol. The van der Waals surface area contributed by atoms with E-state index in [0.29, 0.717) is 9.99 Å². The molecule has 2 aromatic carbocycles. The molecule has 1 aliphatic heterocycles. The van der Waals surface area contributed by atoms with Gasteiger partial charge in [-0.2, -0.15) is 0 Å². The Labute approximate surface area is 177 Å². The van der Waals surface area contributed by atoms with Gasteiger partial charge in [-0.05, 0) is 42.2 Å². The Kier molecular flexibility index (Phi) is 5.83. The summed E-state index contributed by atoms with van der Waals surface area (Å²) in [4.78, 5) is 11.9. The van der Waals surface area contributed by atoms with Crippen LogP contribution in [0.4, 0.5) is 11.4 Å². The van der Waals surface area contributed by atoms with Crippen LogP contribution in [0, 0.1) is 6.92 Å². The fraction of sp³-hybridized carbons (Fsp3) is 0.350. The molecule has 1 N–H and O–H groups in total. The lowest BCUT2D eigenvalue weighted by Crippen LogP contribution is -2.29. The topological polar surface area (TPSA) is 110 Å². The third-order valence-electron chi connectivity index (χ3n) is 4.91. The first-order valence-electron chi connectivity index (χ1n) is 9.34. The van der Waals surface area contributed by atoms with Gasteiger partial charge in [0.2, 0.25) is 15.9 Å². The van der Waals surface area contributed by atoms with Crippen LogP contribution in [0.3, 0.4) is 0 Å². The van der Waals surface area contributed by atoms with Gasteiger partial charge in [-0.3, -0.25) is 9.52 Å². The maximum absolute atomic E-state index is 13.3.